The summed E-state index contributed by atoms with van der Waals surface area (Å²) in [6.07, 6.45) is 7.14. The monoisotopic (exact) mass is 201 g/mol. The zero-order chi connectivity index (χ0) is 9.10. The van der Waals surface area contributed by atoms with E-state index < -0.39 is 0 Å². The molecule has 1 unspecified atom stereocenters. The summed E-state index contributed by atoms with van der Waals surface area (Å²) in [7, 11) is 0. The molecule has 2 fully saturated rings. The average molecular weight is 202 g/mol. The van der Waals surface area contributed by atoms with Crippen LogP contribution >= 0.6 is 11.6 Å². The van der Waals surface area contributed by atoms with Crippen LogP contribution in [-0.4, -0.2) is 30.4 Å². The Morgan fingerprint density at radius 2 is 1.85 bits per heavy atom. The maximum Gasteiger partial charge on any atom is 0.0263 e. The first-order valence-corrected chi connectivity index (χ1v) is 6.20. The lowest BCUT2D eigenvalue weighted by molar-refractivity contribution is 0.130. The molecule has 2 rings (SSSR count). The molecule has 0 radical (unpaired) electrons. The highest BCUT2D eigenvalue weighted by Gasteiger charge is 2.24. The Balaban J connectivity index is 1.71. The van der Waals surface area contributed by atoms with Crippen molar-refractivity contribution in [3.05, 3.63) is 0 Å². The van der Waals surface area contributed by atoms with Crippen LogP contribution < -0.4 is 0 Å². The zero-order valence-electron chi connectivity index (χ0n) is 8.34. The van der Waals surface area contributed by atoms with Crippen LogP contribution in [-0.2, 0) is 0 Å². The second-order valence-corrected chi connectivity index (χ2v) is 5.03. The average Bonchev–Trinajstić information content (AvgIpc) is 2.12. The minimum Gasteiger partial charge on any atom is -0.303 e. The quantitative estimate of drug-likeness (QED) is 0.635. The summed E-state index contributed by atoms with van der Waals surface area (Å²) in [5, 5.41) is 0. The summed E-state index contributed by atoms with van der Waals surface area (Å²) in [5.41, 5.74) is 0. The van der Waals surface area contributed by atoms with Crippen molar-refractivity contribution in [1.29, 1.82) is 0 Å². The van der Waals surface area contributed by atoms with Crippen LogP contribution in [0.15, 0.2) is 0 Å². The van der Waals surface area contributed by atoms with E-state index in [0.717, 1.165) is 17.7 Å². The molecule has 0 N–H and O–H groups in total. The molecule has 0 aromatic heterocycles. The zero-order valence-corrected chi connectivity index (χ0v) is 9.10. The van der Waals surface area contributed by atoms with Crippen LogP contribution in [0.2, 0.25) is 0 Å². The van der Waals surface area contributed by atoms with E-state index in [2.05, 4.69) is 4.90 Å². The molecule has 2 heteroatoms. The van der Waals surface area contributed by atoms with Gasteiger partial charge in [0.1, 0.15) is 0 Å². The van der Waals surface area contributed by atoms with Gasteiger partial charge >= 0.3 is 0 Å². The van der Waals surface area contributed by atoms with E-state index in [1.807, 2.05) is 0 Å². The molecule has 2 aliphatic rings. The van der Waals surface area contributed by atoms with E-state index >= 15 is 0 Å². The predicted molar refractivity (Wildman–Crippen MR) is 57.2 cm³/mol. The van der Waals surface area contributed by atoms with Gasteiger partial charge in [-0.3, -0.25) is 0 Å². The largest absolute Gasteiger partial charge is 0.303 e. The highest BCUT2D eigenvalue weighted by atomic mass is 35.5. The van der Waals surface area contributed by atoms with Gasteiger partial charge in [-0.25, -0.2) is 0 Å². The highest BCUT2D eigenvalue weighted by molar-refractivity contribution is 6.18. The normalized spacial score (nSPS) is 31.6. The topological polar surface area (TPSA) is 3.24 Å². The van der Waals surface area contributed by atoms with Crippen LogP contribution in [0.3, 0.4) is 0 Å². The first kappa shape index (κ1) is 9.79. The number of nitrogens with zero attached hydrogens (tertiary/aromatic N) is 1. The fraction of sp³-hybridized carbons (Fsp3) is 1.00. The Morgan fingerprint density at radius 3 is 2.46 bits per heavy atom. The second kappa shape index (κ2) is 4.65. The van der Waals surface area contributed by atoms with Crippen molar-refractivity contribution in [2.45, 2.75) is 32.1 Å². The molecule has 76 valence electrons. The molecule has 0 aromatic rings. The molecule has 0 aromatic carbocycles. The van der Waals surface area contributed by atoms with Crippen LogP contribution in [0.1, 0.15) is 32.1 Å². The summed E-state index contributed by atoms with van der Waals surface area (Å²) in [5.74, 6) is 2.66. The number of piperidine rings is 1. The van der Waals surface area contributed by atoms with Gasteiger partial charge in [0.05, 0.1) is 0 Å². The molecular weight excluding hydrogens is 182 g/mol. The molecule has 0 spiro atoms. The molecule has 1 saturated carbocycles. The number of alkyl halides is 1. The summed E-state index contributed by atoms with van der Waals surface area (Å²) in [6, 6.07) is 0. The highest BCUT2D eigenvalue weighted by Crippen LogP contribution is 2.28. The number of halogens is 1. The lowest BCUT2D eigenvalue weighted by Crippen LogP contribution is -2.40. The third kappa shape index (κ3) is 2.60. The Bertz CT molecular complexity index is 154. The Hall–Kier alpha value is 0.250. The Labute approximate surface area is 86.4 Å². The van der Waals surface area contributed by atoms with Crippen molar-refractivity contribution < 1.29 is 0 Å². The predicted octanol–water partition coefficient (Wildman–Crippen LogP) is 2.74. The number of rotatable bonds is 3. The third-order valence-electron chi connectivity index (χ3n) is 3.56. The van der Waals surface area contributed by atoms with Crippen molar-refractivity contribution in [2.75, 3.05) is 25.5 Å². The maximum absolute atomic E-state index is 5.90. The molecule has 1 atom stereocenters. The first-order valence-electron chi connectivity index (χ1n) is 5.67. The van der Waals surface area contributed by atoms with Crippen LogP contribution in [0.5, 0.6) is 0 Å². The van der Waals surface area contributed by atoms with Crippen molar-refractivity contribution >= 4 is 11.6 Å². The Morgan fingerprint density at radius 1 is 1.08 bits per heavy atom. The van der Waals surface area contributed by atoms with Gasteiger partial charge in [-0.05, 0) is 44.1 Å². The molecule has 1 nitrogen and oxygen atoms in total. The van der Waals surface area contributed by atoms with Gasteiger partial charge in [-0.2, -0.15) is 0 Å². The van der Waals surface area contributed by atoms with Gasteiger partial charge in [0.25, 0.3) is 0 Å². The molecule has 1 aliphatic heterocycles. The van der Waals surface area contributed by atoms with Gasteiger partial charge in [-0.15, -0.1) is 11.6 Å². The fourth-order valence-electron chi connectivity index (χ4n) is 2.48. The van der Waals surface area contributed by atoms with Crippen molar-refractivity contribution in [1.82, 2.24) is 4.90 Å². The summed E-state index contributed by atoms with van der Waals surface area (Å²) in [6.45, 7) is 3.94. The molecular formula is C11H20ClN. The van der Waals surface area contributed by atoms with Crippen LogP contribution in [0, 0.1) is 11.8 Å². The minimum atomic E-state index is 0.774. The van der Waals surface area contributed by atoms with Crippen LogP contribution in [0.25, 0.3) is 0 Å². The molecule has 1 aliphatic carbocycles. The number of hydrogen-bond acceptors (Lipinski definition) is 1. The summed E-state index contributed by atoms with van der Waals surface area (Å²) < 4.78 is 0. The molecule has 13 heavy (non-hydrogen) atoms. The van der Waals surface area contributed by atoms with Gasteiger partial charge < -0.3 is 4.90 Å². The Kier molecular flexibility index (Phi) is 3.51. The lowest BCUT2D eigenvalue weighted by atomic mass is 9.84. The van der Waals surface area contributed by atoms with E-state index in [9.17, 15) is 0 Å². The van der Waals surface area contributed by atoms with Gasteiger partial charge in [0.2, 0.25) is 0 Å². The molecule has 1 heterocycles. The van der Waals surface area contributed by atoms with E-state index in [1.54, 1.807) is 0 Å². The molecule has 0 bridgehead atoms. The van der Waals surface area contributed by atoms with E-state index in [-0.39, 0.29) is 0 Å². The van der Waals surface area contributed by atoms with E-state index in [1.165, 1.54) is 51.7 Å². The number of likely N-dealkylation sites (tertiary alicyclic amines) is 1. The first-order chi connectivity index (χ1) is 6.38. The number of hydrogen-bond donors (Lipinski definition) is 0. The second-order valence-electron chi connectivity index (χ2n) is 4.72. The summed E-state index contributed by atoms with van der Waals surface area (Å²) >= 11 is 5.90. The van der Waals surface area contributed by atoms with E-state index in [0.29, 0.717) is 0 Å². The minimum absolute atomic E-state index is 0.774. The van der Waals surface area contributed by atoms with Gasteiger partial charge in [-0.1, -0.05) is 6.42 Å². The van der Waals surface area contributed by atoms with Crippen molar-refractivity contribution in [3.63, 3.8) is 0 Å². The van der Waals surface area contributed by atoms with Crippen molar-refractivity contribution in [3.8, 4) is 0 Å². The molecule has 0 amide bonds. The molecule has 1 saturated heterocycles. The smallest absolute Gasteiger partial charge is 0.0263 e. The maximum atomic E-state index is 5.90. The standard InChI is InChI=1S/C11H20ClN/c12-7-11-5-2-6-13(9-11)8-10-3-1-4-10/h10-11H,1-9H2. The van der Waals surface area contributed by atoms with Gasteiger partial charge in [0, 0.05) is 19.0 Å². The third-order valence-corrected chi connectivity index (χ3v) is 4.00. The van der Waals surface area contributed by atoms with Gasteiger partial charge in [0.15, 0.2) is 0 Å². The SMILES string of the molecule is ClCC1CCCN(CC2CCC2)C1. The lowest BCUT2D eigenvalue weighted by Gasteiger charge is -2.37. The fourth-order valence-corrected chi connectivity index (χ4v) is 2.74. The van der Waals surface area contributed by atoms with E-state index in [4.69, 9.17) is 11.6 Å². The van der Waals surface area contributed by atoms with Crippen molar-refractivity contribution in [2.24, 2.45) is 11.8 Å². The van der Waals surface area contributed by atoms with Crippen LogP contribution in [0.4, 0.5) is 0 Å². The summed E-state index contributed by atoms with van der Waals surface area (Å²) in [4.78, 5) is 2.64.